The van der Waals surface area contributed by atoms with Gasteiger partial charge < -0.3 is 10.3 Å². The van der Waals surface area contributed by atoms with Gasteiger partial charge in [-0.15, -0.1) is 0 Å². The van der Waals surface area contributed by atoms with E-state index in [1.165, 1.54) is 12.5 Å². The van der Waals surface area contributed by atoms with Crippen LogP contribution in [-0.4, -0.2) is 21.7 Å². The first-order chi connectivity index (χ1) is 6.47. The van der Waals surface area contributed by atoms with Crippen LogP contribution >= 0.6 is 0 Å². The maximum absolute atomic E-state index is 11.0. The van der Waals surface area contributed by atoms with Gasteiger partial charge in [-0.25, -0.2) is 4.98 Å². The molecule has 0 unspecified atom stereocenters. The number of carbonyl (C=O) groups excluding carboxylic acids is 2. The van der Waals surface area contributed by atoms with Gasteiger partial charge in [0.05, 0.1) is 17.9 Å². The molecule has 1 heterocycles. The number of aromatic nitrogens is 2. The Hall–Kier alpha value is -1.65. The van der Waals surface area contributed by atoms with Crippen LogP contribution in [0.3, 0.4) is 0 Å². The number of primary amides is 1. The smallest absolute Gasteiger partial charge is 0.224 e. The fraction of sp³-hybridized carbons (Fsp3) is 0.444. The van der Waals surface area contributed by atoms with Gasteiger partial charge in [-0.2, -0.15) is 0 Å². The number of imidazole rings is 1. The zero-order chi connectivity index (χ0) is 10.8. The number of aldehydes is 1. The van der Waals surface area contributed by atoms with E-state index in [9.17, 15) is 9.59 Å². The average molecular weight is 195 g/mol. The van der Waals surface area contributed by atoms with Gasteiger partial charge in [0.2, 0.25) is 5.91 Å². The lowest BCUT2D eigenvalue weighted by molar-refractivity contribution is -0.126. The SMILES string of the molecule is CC(C)(Cn1cncc1C=O)C(N)=O. The second-order valence-corrected chi connectivity index (χ2v) is 3.81. The summed E-state index contributed by atoms with van der Waals surface area (Å²) in [6, 6.07) is 0. The highest BCUT2D eigenvalue weighted by molar-refractivity contribution is 5.80. The number of nitrogens with two attached hydrogens (primary N) is 1. The van der Waals surface area contributed by atoms with Gasteiger partial charge in [-0.05, 0) is 13.8 Å². The molecule has 76 valence electrons. The van der Waals surface area contributed by atoms with Crippen molar-refractivity contribution < 1.29 is 9.59 Å². The van der Waals surface area contributed by atoms with E-state index in [0.717, 1.165) is 0 Å². The molecule has 2 N–H and O–H groups in total. The van der Waals surface area contributed by atoms with Crippen molar-refractivity contribution in [3.05, 3.63) is 18.2 Å². The van der Waals surface area contributed by atoms with Crippen molar-refractivity contribution >= 4 is 12.2 Å². The van der Waals surface area contributed by atoms with E-state index in [4.69, 9.17) is 5.73 Å². The Balaban J connectivity index is 2.88. The topological polar surface area (TPSA) is 78.0 Å². The Morgan fingerprint density at radius 2 is 2.36 bits per heavy atom. The average Bonchev–Trinajstić information content (AvgIpc) is 2.50. The molecule has 0 saturated heterocycles. The van der Waals surface area contributed by atoms with Crippen LogP contribution in [0.15, 0.2) is 12.5 Å². The summed E-state index contributed by atoms with van der Waals surface area (Å²) >= 11 is 0. The molecule has 0 fully saturated rings. The normalized spacial score (nSPS) is 11.3. The Morgan fingerprint density at radius 1 is 1.71 bits per heavy atom. The van der Waals surface area contributed by atoms with Gasteiger partial charge in [-0.1, -0.05) is 0 Å². The van der Waals surface area contributed by atoms with Crippen LogP contribution in [0.4, 0.5) is 0 Å². The summed E-state index contributed by atoms with van der Waals surface area (Å²) < 4.78 is 1.61. The molecule has 0 radical (unpaired) electrons. The fourth-order valence-corrected chi connectivity index (χ4v) is 1.07. The van der Waals surface area contributed by atoms with E-state index in [-0.39, 0.29) is 0 Å². The third-order valence-electron chi connectivity index (χ3n) is 2.10. The van der Waals surface area contributed by atoms with Crippen LogP contribution < -0.4 is 5.73 Å². The van der Waals surface area contributed by atoms with Crippen molar-refractivity contribution in [1.29, 1.82) is 0 Å². The first-order valence-corrected chi connectivity index (χ1v) is 4.22. The first-order valence-electron chi connectivity index (χ1n) is 4.22. The van der Waals surface area contributed by atoms with Crippen LogP contribution in [0, 0.1) is 5.41 Å². The van der Waals surface area contributed by atoms with Gasteiger partial charge >= 0.3 is 0 Å². The van der Waals surface area contributed by atoms with Crippen molar-refractivity contribution in [3.8, 4) is 0 Å². The van der Waals surface area contributed by atoms with Gasteiger partial charge in [0, 0.05) is 6.54 Å². The molecular formula is C9H13N3O2. The van der Waals surface area contributed by atoms with Gasteiger partial charge in [-0.3, -0.25) is 9.59 Å². The molecule has 1 aromatic rings. The van der Waals surface area contributed by atoms with Crippen LogP contribution in [-0.2, 0) is 11.3 Å². The minimum absolute atomic E-state index is 0.358. The van der Waals surface area contributed by atoms with Crippen LogP contribution in [0.2, 0.25) is 0 Å². The van der Waals surface area contributed by atoms with Crippen molar-refractivity contribution in [1.82, 2.24) is 9.55 Å². The molecule has 0 aliphatic heterocycles. The second-order valence-electron chi connectivity index (χ2n) is 3.81. The predicted molar refractivity (Wildman–Crippen MR) is 50.6 cm³/mol. The molecule has 1 rings (SSSR count). The summed E-state index contributed by atoms with van der Waals surface area (Å²) in [5.41, 5.74) is 4.98. The quantitative estimate of drug-likeness (QED) is 0.697. The zero-order valence-electron chi connectivity index (χ0n) is 8.23. The fourth-order valence-electron chi connectivity index (χ4n) is 1.07. The third kappa shape index (κ3) is 1.99. The van der Waals surface area contributed by atoms with E-state index < -0.39 is 11.3 Å². The highest BCUT2D eigenvalue weighted by Gasteiger charge is 2.26. The maximum atomic E-state index is 11.0. The number of hydrogen-bond acceptors (Lipinski definition) is 3. The lowest BCUT2D eigenvalue weighted by atomic mass is 9.92. The Bertz CT molecular complexity index is 355. The molecule has 5 heteroatoms. The summed E-state index contributed by atoms with van der Waals surface area (Å²) in [5, 5.41) is 0. The molecule has 1 aromatic heterocycles. The number of carbonyl (C=O) groups is 2. The number of nitrogens with zero attached hydrogens (tertiary/aromatic N) is 2. The highest BCUT2D eigenvalue weighted by atomic mass is 16.1. The summed E-state index contributed by atoms with van der Waals surface area (Å²) in [5.74, 6) is -0.400. The molecule has 0 bridgehead atoms. The second kappa shape index (κ2) is 3.61. The molecule has 0 aliphatic rings. The first kappa shape index (κ1) is 10.4. The van der Waals surface area contributed by atoms with E-state index >= 15 is 0 Å². The molecular weight excluding hydrogens is 182 g/mol. The molecule has 0 aromatic carbocycles. The largest absolute Gasteiger partial charge is 0.369 e. The Morgan fingerprint density at radius 3 is 2.86 bits per heavy atom. The monoisotopic (exact) mass is 195 g/mol. The van der Waals surface area contributed by atoms with Crippen molar-refractivity contribution in [2.24, 2.45) is 11.1 Å². The lowest BCUT2D eigenvalue weighted by Gasteiger charge is -2.21. The third-order valence-corrected chi connectivity index (χ3v) is 2.10. The summed E-state index contributed by atoms with van der Waals surface area (Å²) in [7, 11) is 0. The van der Waals surface area contributed by atoms with Crippen molar-refractivity contribution in [2.75, 3.05) is 0 Å². The summed E-state index contributed by atoms with van der Waals surface area (Å²) in [6.45, 7) is 3.81. The van der Waals surface area contributed by atoms with Crippen LogP contribution in [0.1, 0.15) is 24.3 Å². The molecule has 14 heavy (non-hydrogen) atoms. The van der Waals surface area contributed by atoms with Crippen LogP contribution in [0.5, 0.6) is 0 Å². The van der Waals surface area contributed by atoms with E-state index in [1.807, 2.05) is 0 Å². The molecule has 0 aliphatic carbocycles. The van der Waals surface area contributed by atoms with Gasteiger partial charge in [0.15, 0.2) is 6.29 Å². The number of amides is 1. The summed E-state index contributed by atoms with van der Waals surface area (Å²) in [4.78, 5) is 25.4. The lowest BCUT2D eigenvalue weighted by Crippen LogP contribution is -2.35. The predicted octanol–water partition coefficient (Wildman–Crippen LogP) is 0.207. The van der Waals surface area contributed by atoms with E-state index in [2.05, 4.69) is 4.98 Å². The van der Waals surface area contributed by atoms with Gasteiger partial charge in [0.1, 0.15) is 5.69 Å². The van der Waals surface area contributed by atoms with Crippen molar-refractivity contribution in [2.45, 2.75) is 20.4 Å². The zero-order valence-corrected chi connectivity index (χ0v) is 8.23. The van der Waals surface area contributed by atoms with E-state index in [0.29, 0.717) is 18.5 Å². The number of hydrogen-bond donors (Lipinski definition) is 1. The van der Waals surface area contributed by atoms with Crippen molar-refractivity contribution in [3.63, 3.8) is 0 Å². The van der Waals surface area contributed by atoms with Crippen LogP contribution in [0.25, 0.3) is 0 Å². The number of rotatable bonds is 4. The molecule has 0 spiro atoms. The Labute approximate surface area is 81.9 Å². The molecule has 5 nitrogen and oxygen atoms in total. The molecule has 1 amide bonds. The molecule has 0 saturated carbocycles. The minimum atomic E-state index is -0.682. The Kier molecular flexibility index (Phi) is 2.69. The van der Waals surface area contributed by atoms with E-state index in [1.54, 1.807) is 18.4 Å². The minimum Gasteiger partial charge on any atom is -0.369 e. The van der Waals surface area contributed by atoms with Gasteiger partial charge in [0.25, 0.3) is 0 Å². The summed E-state index contributed by atoms with van der Waals surface area (Å²) in [6.07, 6.45) is 3.66. The maximum Gasteiger partial charge on any atom is 0.224 e. The standard InChI is InChI=1S/C9H13N3O2/c1-9(2,8(10)14)5-12-6-11-3-7(12)4-13/h3-4,6H,5H2,1-2H3,(H2,10,14). The molecule has 0 atom stereocenters. The highest BCUT2D eigenvalue weighted by Crippen LogP contribution is 2.17.